The Labute approximate surface area is 192 Å². The monoisotopic (exact) mass is 430 g/mol. The molecule has 168 valence electrons. The lowest BCUT2D eigenvalue weighted by atomic mass is 10.0. The molecule has 2 unspecified atom stereocenters. The standard InChI is InChI=1S/C29H34O3/c1-23(31-22-25-9-3-2-4-10-25)8-7-11-24-13-15-26(16-14-24)27-17-19-28(20-18-27)32-29-12-5-6-21-30-29/h2-4,9-10,13-20,23,29H,5-8,11-12,21-22H2,1H3. The first kappa shape index (κ1) is 22.6. The van der Waals surface area contributed by atoms with Gasteiger partial charge in [0.2, 0.25) is 0 Å². The van der Waals surface area contributed by atoms with Crippen molar-refractivity contribution >= 4 is 0 Å². The molecule has 3 aromatic rings. The predicted octanol–water partition coefficient (Wildman–Crippen LogP) is 7.19. The van der Waals surface area contributed by atoms with Crippen LogP contribution in [0.5, 0.6) is 5.75 Å². The van der Waals surface area contributed by atoms with Crippen LogP contribution in [0, 0.1) is 0 Å². The third kappa shape index (κ3) is 6.94. The van der Waals surface area contributed by atoms with Gasteiger partial charge in [-0.1, -0.05) is 66.7 Å². The Morgan fingerprint density at radius 2 is 1.56 bits per heavy atom. The number of hydrogen-bond acceptors (Lipinski definition) is 3. The van der Waals surface area contributed by atoms with E-state index >= 15 is 0 Å². The summed E-state index contributed by atoms with van der Waals surface area (Å²) < 4.78 is 17.6. The normalized spacial score (nSPS) is 17.1. The molecule has 1 aliphatic heterocycles. The van der Waals surface area contributed by atoms with E-state index < -0.39 is 0 Å². The van der Waals surface area contributed by atoms with Gasteiger partial charge in [-0.25, -0.2) is 0 Å². The molecule has 2 atom stereocenters. The Bertz CT molecular complexity index is 913. The lowest BCUT2D eigenvalue weighted by Gasteiger charge is -2.23. The zero-order chi connectivity index (χ0) is 22.0. The molecule has 0 saturated carbocycles. The zero-order valence-corrected chi connectivity index (χ0v) is 19.0. The summed E-state index contributed by atoms with van der Waals surface area (Å²) in [6.07, 6.45) is 6.74. The largest absolute Gasteiger partial charge is 0.465 e. The highest BCUT2D eigenvalue weighted by atomic mass is 16.7. The first-order valence-corrected chi connectivity index (χ1v) is 11.9. The van der Waals surface area contributed by atoms with E-state index in [1.165, 1.54) is 28.7 Å². The van der Waals surface area contributed by atoms with Crippen LogP contribution in [-0.4, -0.2) is 19.0 Å². The van der Waals surface area contributed by atoms with Crippen molar-refractivity contribution in [3.05, 3.63) is 90.0 Å². The molecule has 0 radical (unpaired) electrons. The number of hydrogen-bond donors (Lipinski definition) is 0. The molecule has 0 amide bonds. The smallest absolute Gasteiger partial charge is 0.199 e. The quantitative estimate of drug-likeness (QED) is 0.341. The third-order valence-electron chi connectivity index (χ3n) is 6.00. The number of rotatable bonds is 10. The van der Waals surface area contributed by atoms with Crippen LogP contribution in [0.2, 0.25) is 0 Å². The van der Waals surface area contributed by atoms with Crippen molar-refractivity contribution in [2.24, 2.45) is 0 Å². The van der Waals surface area contributed by atoms with E-state index in [0.717, 1.165) is 44.5 Å². The first-order valence-electron chi connectivity index (χ1n) is 11.9. The second-order valence-corrected chi connectivity index (χ2v) is 8.63. The van der Waals surface area contributed by atoms with Crippen LogP contribution in [0.25, 0.3) is 11.1 Å². The van der Waals surface area contributed by atoms with Gasteiger partial charge in [0.15, 0.2) is 6.29 Å². The molecule has 0 bridgehead atoms. The van der Waals surface area contributed by atoms with E-state index in [2.05, 4.69) is 67.6 Å². The van der Waals surface area contributed by atoms with Crippen molar-refractivity contribution in [3.63, 3.8) is 0 Å². The molecule has 32 heavy (non-hydrogen) atoms. The number of benzene rings is 3. The fourth-order valence-electron chi connectivity index (χ4n) is 4.04. The van der Waals surface area contributed by atoms with Gasteiger partial charge in [-0.15, -0.1) is 0 Å². The first-order chi connectivity index (χ1) is 15.8. The summed E-state index contributed by atoms with van der Waals surface area (Å²) in [6.45, 7) is 3.66. The maximum absolute atomic E-state index is 5.98. The number of ether oxygens (including phenoxy) is 3. The van der Waals surface area contributed by atoms with Crippen LogP contribution in [-0.2, 0) is 22.5 Å². The summed E-state index contributed by atoms with van der Waals surface area (Å²) in [4.78, 5) is 0. The fourth-order valence-corrected chi connectivity index (χ4v) is 4.04. The molecule has 4 rings (SSSR count). The molecule has 1 saturated heterocycles. The molecule has 0 aliphatic carbocycles. The Morgan fingerprint density at radius 3 is 2.25 bits per heavy atom. The van der Waals surface area contributed by atoms with Gasteiger partial charge in [0.25, 0.3) is 0 Å². The van der Waals surface area contributed by atoms with Crippen molar-refractivity contribution in [1.29, 1.82) is 0 Å². The second-order valence-electron chi connectivity index (χ2n) is 8.63. The van der Waals surface area contributed by atoms with E-state index in [1.807, 2.05) is 18.2 Å². The predicted molar refractivity (Wildman–Crippen MR) is 130 cm³/mol. The molecule has 0 spiro atoms. The van der Waals surface area contributed by atoms with Crippen molar-refractivity contribution in [2.75, 3.05) is 6.61 Å². The van der Waals surface area contributed by atoms with Gasteiger partial charge in [-0.05, 0) is 73.4 Å². The molecule has 3 aromatic carbocycles. The summed E-state index contributed by atoms with van der Waals surface area (Å²) in [5, 5.41) is 0. The summed E-state index contributed by atoms with van der Waals surface area (Å²) >= 11 is 0. The van der Waals surface area contributed by atoms with E-state index in [0.29, 0.717) is 6.61 Å². The lowest BCUT2D eigenvalue weighted by Crippen LogP contribution is -2.24. The van der Waals surface area contributed by atoms with Gasteiger partial charge in [0.1, 0.15) is 5.75 Å². The maximum Gasteiger partial charge on any atom is 0.199 e. The van der Waals surface area contributed by atoms with Crippen molar-refractivity contribution in [1.82, 2.24) is 0 Å². The van der Waals surface area contributed by atoms with Gasteiger partial charge in [0.05, 0.1) is 19.3 Å². The highest BCUT2D eigenvalue weighted by Gasteiger charge is 2.15. The minimum Gasteiger partial charge on any atom is -0.465 e. The van der Waals surface area contributed by atoms with Crippen LogP contribution < -0.4 is 4.74 Å². The van der Waals surface area contributed by atoms with Gasteiger partial charge in [-0.2, -0.15) is 0 Å². The highest BCUT2D eigenvalue weighted by Crippen LogP contribution is 2.25. The average molecular weight is 431 g/mol. The minimum absolute atomic E-state index is 0.0969. The SMILES string of the molecule is CC(CCCc1ccc(-c2ccc(OC3CCCCO3)cc2)cc1)OCc1ccccc1. The summed E-state index contributed by atoms with van der Waals surface area (Å²) in [7, 11) is 0. The van der Waals surface area contributed by atoms with Crippen LogP contribution in [0.3, 0.4) is 0 Å². The Hall–Kier alpha value is -2.62. The van der Waals surface area contributed by atoms with Crippen molar-refractivity contribution in [2.45, 2.75) is 64.4 Å². The van der Waals surface area contributed by atoms with Crippen LogP contribution in [0.4, 0.5) is 0 Å². The molecule has 3 nitrogen and oxygen atoms in total. The fraction of sp³-hybridized carbons (Fsp3) is 0.379. The van der Waals surface area contributed by atoms with Crippen LogP contribution >= 0.6 is 0 Å². The molecular weight excluding hydrogens is 396 g/mol. The van der Waals surface area contributed by atoms with Crippen molar-refractivity contribution < 1.29 is 14.2 Å². The molecule has 1 fully saturated rings. The Morgan fingerprint density at radius 1 is 0.844 bits per heavy atom. The Balaban J connectivity index is 1.20. The van der Waals surface area contributed by atoms with E-state index in [1.54, 1.807) is 0 Å². The van der Waals surface area contributed by atoms with E-state index in [4.69, 9.17) is 14.2 Å². The van der Waals surface area contributed by atoms with Crippen LogP contribution in [0.1, 0.15) is 50.2 Å². The molecule has 0 N–H and O–H groups in total. The second kappa shape index (κ2) is 11.8. The van der Waals surface area contributed by atoms with E-state index in [9.17, 15) is 0 Å². The highest BCUT2D eigenvalue weighted by molar-refractivity contribution is 5.64. The summed E-state index contributed by atoms with van der Waals surface area (Å²) in [5.41, 5.74) is 5.04. The minimum atomic E-state index is -0.0969. The van der Waals surface area contributed by atoms with Crippen molar-refractivity contribution in [3.8, 4) is 16.9 Å². The van der Waals surface area contributed by atoms with Gasteiger partial charge < -0.3 is 14.2 Å². The molecule has 1 heterocycles. The molecular formula is C29H34O3. The molecule has 1 aliphatic rings. The molecule has 3 heteroatoms. The Kier molecular flexibility index (Phi) is 8.35. The topological polar surface area (TPSA) is 27.7 Å². The third-order valence-corrected chi connectivity index (χ3v) is 6.00. The maximum atomic E-state index is 5.98. The lowest BCUT2D eigenvalue weighted by molar-refractivity contribution is -0.105. The summed E-state index contributed by atoms with van der Waals surface area (Å²) in [5.74, 6) is 0.876. The summed E-state index contributed by atoms with van der Waals surface area (Å²) in [6, 6.07) is 27.6. The zero-order valence-electron chi connectivity index (χ0n) is 19.0. The van der Waals surface area contributed by atoms with Crippen LogP contribution in [0.15, 0.2) is 78.9 Å². The van der Waals surface area contributed by atoms with Gasteiger partial charge in [-0.3, -0.25) is 0 Å². The van der Waals surface area contributed by atoms with Gasteiger partial charge in [0, 0.05) is 6.42 Å². The van der Waals surface area contributed by atoms with E-state index in [-0.39, 0.29) is 12.4 Å². The van der Waals surface area contributed by atoms with Gasteiger partial charge >= 0.3 is 0 Å². The molecule has 0 aromatic heterocycles. The average Bonchev–Trinajstić information content (AvgIpc) is 2.85. The number of aryl methyl sites for hydroxylation is 1.